The minimum absolute atomic E-state index is 0.231. The molecule has 1 aliphatic heterocycles. The van der Waals surface area contributed by atoms with Crippen LogP contribution in [0.15, 0.2) is 30.3 Å². The Morgan fingerprint density at radius 2 is 2.00 bits per heavy atom. The van der Waals surface area contributed by atoms with E-state index in [4.69, 9.17) is 18.0 Å². The van der Waals surface area contributed by atoms with Gasteiger partial charge in [-0.25, -0.2) is 0 Å². The van der Waals surface area contributed by atoms with Gasteiger partial charge in [0.05, 0.1) is 10.9 Å². The number of hydrogen-bond donors (Lipinski definition) is 1. The van der Waals surface area contributed by atoms with E-state index < -0.39 is 11.9 Å². The predicted octanol–water partition coefficient (Wildman–Crippen LogP) is 2.93. The summed E-state index contributed by atoms with van der Waals surface area (Å²) < 4.78 is 1.71. The first-order chi connectivity index (χ1) is 10.5. The molecule has 0 aliphatic carbocycles. The number of benzene rings is 1. The second kappa shape index (κ2) is 5.36. The second-order valence-electron chi connectivity index (χ2n) is 5.15. The lowest BCUT2D eigenvalue weighted by atomic mass is 10.0. The van der Waals surface area contributed by atoms with Crippen LogP contribution >= 0.6 is 11.6 Å². The van der Waals surface area contributed by atoms with Gasteiger partial charge in [-0.15, -0.1) is 6.42 Å². The molecule has 2 aromatic rings. The Hall–Kier alpha value is -2.51. The van der Waals surface area contributed by atoms with Crippen molar-refractivity contribution in [1.82, 2.24) is 4.57 Å². The van der Waals surface area contributed by atoms with Crippen molar-refractivity contribution in [1.29, 1.82) is 0 Å². The molecule has 1 atom stereocenters. The molecule has 0 bridgehead atoms. The molecule has 1 N–H and O–H groups in total. The van der Waals surface area contributed by atoms with E-state index in [1.54, 1.807) is 34.9 Å². The highest BCUT2D eigenvalue weighted by molar-refractivity contribution is 6.35. The zero-order valence-electron chi connectivity index (χ0n) is 11.5. The van der Waals surface area contributed by atoms with Crippen LogP contribution in [0.4, 0.5) is 0 Å². The van der Waals surface area contributed by atoms with Crippen LogP contribution in [0.3, 0.4) is 0 Å². The minimum Gasteiger partial charge on any atom is -0.481 e. The molecule has 1 unspecified atom stereocenters. The smallest absolute Gasteiger partial charge is 0.312 e. The SMILES string of the molecule is C#Cc1ccc(C(=O)c2c(Cl)cc3n2CCC3C(=O)O)cc1. The zero-order chi connectivity index (χ0) is 15.9. The van der Waals surface area contributed by atoms with Crippen molar-refractivity contribution in [3.63, 3.8) is 0 Å². The fourth-order valence-electron chi connectivity index (χ4n) is 2.81. The molecule has 0 fully saturated rings. The normalized spacial score (nSPS) is 16.1. The second-order valence-corrected chi connectivity index (χ2v) is 5.55. The van der Waals surface area contributed by atoms with Gasteiger partial charge in [0.2, 0.25) is 5.78 Å². The van der Waals surface area contributed by atoms with Gasteiger partial charge < -0.3 is 9.67 Å². The van der Waals surface area contributed by atoms with E-state index in [0.717, 1.165) is 0 Å². The third-order valence-electron chi connectivity index (χ3n) is 3.91. The van der Waals surface area contributed by atoms with E-state index in [1.165, 1.54) is 0 Å². The maximum Gasteiger partial charge on any atom is 0.312 e. The molecule has 0 saturated heterocycles. The van der Waals surface area contributed by atoms with Gasteiger partial charge in [0.1, 0.15) is 5.69 Å². The molecule has 22 heavy (non-hydrogen) atoms. The number of ketones is 1. The maximum atomic E-state index is 12.7. The highest BCUT2D eigenvalue weighted by Gasteiger charge is 2.33. The van der Waals surface area contributed by atoms with Crippen molar-refractivity contribution >= 4 is 23.4 Å². The monoisotopic (exact) mass is 313 g/mol. The van der Waals surface area contributed by atoms with Crippen LogP contribution in [0.2, 0.25) is 5.02 Å². The van der Waals surface area contributed by atoms with Crippen molar-refractivity contribution in [3.05, 3.63) is 57.9 Å². The fourth-order valence-corrected chi connectivity index (χ4v) is 3.11. The van der Waals surface area contributed by atoms with Crippen LogP contribution in [0.1, 0.15) is 39.6 Å². The molecular formula is C17H12ClNO3. The van der Waals surface area contributed by atoms with E-state index in [9.17, 15) is 14.7 Å². The van der Waals surface area contributed by atoms with Gasteiger partial charge in [-0.1, -0.05) is 17.5 Å². The summed E-state index contributed by atoms with van der Waals surface area (Å²) >= 11 is 6.17. The van der Waals surface area contributed by atoms with Crippen LogP contribution < -0.4 is 0 Å². The molecule has 3 rings (SSSR count). The first-order valence-corrected chi connectivity index (χ1v) is 7.14. The lowest BCUT2D eigenvalue weighted by Gasteiger charge is -2.06. The number of hydrogen-bond acceptors (Lipinski definition) is 2. The lowest BCUT2D eigenvalue weighted by molar-refractivity contribution is -0.138. The van der Waals surface area contributed by atoms with Gasteiger partial charge in [-0.3, -0.25) is 9.59 Å². The van der Waals surface area contributed by atoms with Gasteiger partial charge >= 0.3 is 5.97 Å². The van der Waals surface area contributed by atoms with Crippen LogP contribution in [-0.4, -0.2) is 21.4 Å². The number of rotatable bonds is 3. The molecule has 2 heterocycles. The number of aliphatic carboxylic acids is 1. The highest BCUT2D eigenvalue weighted by Crippen LogP contribution is 2.36. The molecule has 0 radical (unpaired) electrons. The summed E-state index contributed by atoms with van der Waals surface area (Å²) in [7, 11) is 0. The first kappa shape index (κ1) is 14.4. The molecule has 5 heteroatoms. The minimum atomic E-state index is -0.898. The average Bonchev–Trinajstić information content (AvgIpc) is 3.04. The van der Waals surface area contributed by atoms with Crippen molar-refractivity contribution in [3.8, 4) is 12.3 Å². The largest absolute Gasteiger partial charge is 0.481 e. The maximum absolute atomic E-state index is 12.7. The predicted molar refractivity (Wildman–Crippen MR) is 82.2 cm³/mol. The van der Waals surface area contributed by atoms with Crippen LogP contribution in [0.5, 0.6) is 0 Å². The molecule has 4 nitrogen and oxygen atoms in total. The number of nitrogens with zero attached hydrogens (tertiary/aromatic N) is 1. The van der Waals surface area contributed by atoms with Crippen molar-refractivity contribution in [2.24, 2.45) is 0 Å². The summed E-state index contributed by atoms with van der Waals surface area (Å²) in [6.07, 6.45) is 5.77. The Morgan fingerprint density at radius 3 is 2.59 bits per heavy atom. The van der Waals surface area contributed by atoms with E-state index in [1.807, 2.05) is 0 Å². The van der Waals surface area contributed by atoms with Crippen molar-refractivity contribution < 1.29 is 14.7 Å². The summed E-state index contributed by atoms with van der Waals surface area (Å²) in [6.45, 7) is 0.475. The Labute approximate surface area is 132 Å². The number of carboxylic acids is 1. The molecule has 1 aromatic heterocycles. The van der Waals surface area contributed by atoms with Crippen LogP contribution in [0.25, 0.3) is 0 Å². The molecule has 1 aliphatic rings. The highest BCUT2D eigenvalue weighted by atomic mass is 35.5. The third-order valence-corrected chi connectivity index (χ3v) is 4.20. The molecule has 1 aromatic carbocycles. The van der Waals surface area contributed by atoms with Crippen molar-refractivity contribution in [2.45, 2.75) is 18.9 Å². The number of carboxylic acid groups (broad SMARTS) is 1. The van der Waals surface area contributed by atoms with E-state index in [0.29, 0.717) is 35.5 Å². The molecular weight excluding hydrogens is 302 g/mol. The zero-order valence-corrected chi connectivity index (χ0v) is 12.3. The Balaban J connectivity index is 2.02. The van der Waals surface area contributed by atoms with E-state index in [-0.39, 0.29) is 10.8 Å². The summed E-state index contributed by atoms with van der Waals surface area (Å²) in [4.78, 5) is 23.9. The van der Waals surface area contributed by atoms with E-state index in [2.05, 4.69) is 5.92 Å². The summed E-state index contributed by atoms with van der Waals surface area (Å²) in [5.74, 6) is 0.754. The quantitative estimate of drug-likeness (QED) is 0.700. The Morgan fingerprint density at radius 1 is 1.32 bits per heavy atom. The number of halogens is 1. The van der Waals surface area contributed by atoms with Gasteiger partial charge in [0.25, 0.3) is 0 Å². The summed E-state index contributed by atoms with van der Waals surface area (Å²) in [5.41, 5.74) is 2.09. The average molecular weight is 314 g/mol. The molecule has 110 valence electrons. The number of aromatic nitrogens is 1. The van der Waals surface area contributed by atoms with E-state index >= 15 is 0 Å². The van der Waals surface area contributed by atoms with Gasteiger partial charge in [-0.2, -0.15) is 0 Å². The van der Waals surface area contributed by atoms with Gasteiger partial charge in [-0.05, 0) is 36.8 Å². The summed E-state index contributed by atoms with van der Waals surface area (Å²) in [6, 6.07) is 8.26. The Kier molecular flexibility index (Phi) is 3.51. The lowest BCUT2D eigenvalue weighted by Crippen LogP contribution is -2.10. The number of carbonyl (C=O) groups is 2. The first-order valence-electron chi connectivity index (χ1n) is 6.76. The van der Waals surface area contributed by atoms with Crippen molar-refractivity contribution in [2.75, 3.05) is 0 Å². The van der Waals surface area contributed by atoms with Gasteiger partial charge in [0, 0.05) is 23.4 Å². The fraction of sp³-hybridized carbons (Fsp3) is 0.176. The molecule has 0 spiro atoms. The standard InChI is InChI=1S/C17H12ClNO3/c1-2-10-3-5-11(6-4-10)16(20)15-13(18)9-14-12(17(21)22)7-8-19(14)15/h1,3-6,9,12H,7-8H2,(H,21,22). The Bertz CT molecular complexity index is 812. The molecule has 0 amide bonds. The third kappa shape index (κ3) is 2.20. The topological polar surface area (TPSA) is 59.3 Å². The number of fused-ring (bicyclic) bond motifs is 1. The molecule has 0 saturated carbocycles. The summed E-state index contributed by atoms with van der Waals surface area (Å²) in [5, 5.41) is 9.50. The number of terminal acetylenes is 1. The van der Waals surface area contributed by atoms with Crippen LogP contribution in [0, 0.1) is 12.3 Å². The van der Waals surface area contributed by atoms with Gasteiger partial charge in [0.15, 0.2) is 0 Å². The number of carbonyl (C=O) groups excluding carboxylic acids is 1. The van der Waals surface area contributed by atoms with Crippen LogP contribution in [-0.2, 0) is 11.3 Å².